The van der Waals surface area contributed by atoms with Crippen molar-refractivity contribution in [3.63, 3.8) is 0 Å². The molecule has 0 amide bonds. The number of esters is 2. The van der Waals surface area contributed by atoms with E-state index >= 15 is 0 Å². The summed E-state index contributed by atoms with van der Waals surface area (Å²) in [5.74, 6) is -1.53. The Labute approximate surface area is 139 Å². The van der Waals surface area contributed by atoms with Crippen LogP contribution in [0.25, 0.3) is 0 Å². The van der Waals surface area contributed by atoms with Gasteiger partial charge in [0.15, 0.2) is 0 Å². The highest BCUT2D eigenvalue weighted by atomic mass is 35.5. The van der Waals surface area contributed by atoms with Crippen LogP contribution in [-0.4, -0.2) is 18.0 Å². The van der Waals surface area contributed by atoms with Gasteiger partial charge < -0.3 is 9.47 Å². The zero-order valence-corrected chi connectivity index (χ0v) is 13.5. The van der Waals surface area contributed by atoms with Crippen molar-refractivity contribution in [3.8, 4) is 5.75 Å². The molecule has 0 aromatic heterocycles. The van der Waals surface area contributed by atoms with Crippen molar-refractivity contribution in [1.29, 1.82) is 0 Å². The summed E-state index contributed by atoms with van der Waals surface area (Å²) in [7, 11) is 0. The maximum absolute atomic E-state index is 13.3. The van der Waals surface area contributed by atoms with Crippen LogP contribution in [0.3, 0.4) is 0 Å². The summed E-state index contributed by atoms with van der Waals surface area (Å²) in [5.41, 5.74) is 0. The van der Waals surface area contributed by atoms with E-state index in [0.29, 0.717) is 25.7 Å². The highest BCUT2D eigenvalue weighted by Crippen LogP contribution is 2.28. The molecule has 6 heteroatoms. The van der Waals surface area contributed by atoms with Gasteiger partial charge >= 0.3 is 11.9 Å². The highest BCUT2D eigenvalue weighted by Gasteiger charge is 2.29. The molecular weight excluding hydrogens is 323 g/mol. The molecule has 1 saturated carbocycles. The largest absolute Gasteiger partial charge is 0.459 e. The number of hydrogen-bond acceptors (Lipinski definition) is 4. The first-order valence-electron chi connectivity index (χ1n) is 7.49. The number of carbonyl (C=O) groups excluding carboxylic acids is 2. The molecular formula is C17H18ClFO4. The number of hydrogen-bond donors (Lipinski definition) is 0. The van der Waals surface area contributed by atoms with Crippen LogP contribution < -0.4 is 4.74 Å². The lowest BCUT2D eigenvalue weighted by Gasteiger charge is -2.26. The van der Waals surface area contributed by atoms with E-state index in [9.17, 15) is 14.0 Å². The van der Waals surface area contributed by atoms with Crippen LogP contribution in [0.2, 0.25) is 5.02 Å². The Kier molecular flexibility index (Phi) is 6.16. The van der Waals surface area contributed by atoms with Crippen molar-refractivity contribution < 1.29 is 23.5 Å². The van der Waals surface area contributed by atoms with Gasteiger partial charge in [-0.3, -0.25) is 4.79 Å². The van der Waals surface area contributed by atoms with Gasteiger partial charge in [-0.05, 0) is 44.7 Å². The molecule has 0 saturated heterocycles. The molecule has 0 spiro atoms. The molecule has 23 heavy (non-hydrogen) atoms. The third-order valence-corrected chi connectivity index (χ3v) is 4.01. The molecule has 1 aromatic carbocycles. The van der Waals surface area contributed by atoms with E-state index in [-0.39, 0.29) is 28.8 Å². The van der Waals surface area contributed by atoms with E-state index in [4.69, 9.17) is 21.1 Å². The maximum atomic E-state index is 13.3. The molecule has 0 bridgehead atoms. The van der Waals surface area contributed by atoms with Crippen molar-refractivity contribution in [1.82, 2.24) is 0 Å². The van der Waals surface area contributed by atoms with Crippen LogP contribution in [0.15, 0.2) is 30.4 Å². The number of carbonyl (C=O) groups is 2. The van der Waals surface area contributed by atoms with E-state index in [0.717, 1.165) is 6.07 Å². The smallest absolute Gasteiger partial charge is 0.330 e. The summed E-state index contributed by atoms with van der Waals surface area (Å²) in [6.07, 6.45) is 5.18. The number of allylic oxidation sites excluding steroid dienone is 1. The fourth-order valence-electron chi connectivity index (χ4n) is 2.50. The number of rotatable bonds is 4. The van der Waals surface area contributed by atoms with Crippen LogP contribution >= 0.6 is 11.6 Å². The van der Waals surface area contributed by atoms with Gasteiger partial charge in [-0.1, -0.05) is 17.7 Å². The van der Waals surface area contributed by atoms with Crippen molar-refractivity contribution in [3.05, 3.63) is 41.2 Å². The van der Waals surface area contributed by atoms with Crippen LogP contribution in [0.4, 0.5) is 4.39 Å². The monoisotopic (exact) mass is 340 g/mol. The maximum Gasteiger partial charge on any atom is 0.330 e. The van der Waals surface area contributed by atoms with Gasteiger partial charge in [0.1, 0.15) is 17.7 Å². The Bertz CT molecular complexity index is 607. The normalized spacial score (nSPS) is 21.2. The summed E-state index contributed by atoms with van der Waals surface area (Å²) in [4.78, 5) is 23.5. The lowest BCUT2D eigenvalue weighted by molar-refractivity contribution is -0.147. The highest BCUT2D eigenvalue weighted by molar-refractivity contribution is 6.30. The molecule has 0 unspecified atom stereocenters. The quantitative estimate of drug-likeness (QED) is 0.471. The SMILES string of the molecule is CC=CC(=O)O[C@H]1CC[C@H](C(=O)Oc2ccc(Cl)c(F)c2)CC1. The third-order valence-electron chi connectivity index (χ3n) is 3.70. The predicted molar refractivity (Wildman–Crippen MR) is 83.7 cm³/mol. The average Bonchev–Trinajstić information content (AvgIpc) is 2.52. The Balaban J connectivity index is 1.83. The fraction of sp³-hybridized carbons (Fsp3) is 0.412. The minimum atomic E-state index is -0.628. The van der Waals surface area contributed by atoms with Gasteiger partial charge in [0, 0.05) is 12.1 Å². The Morgan fingerprint density at radius 3 is 2.57 bits per heavy atom. The van der Waals surface area contributed by atoms with E-state index in [1.807, 2.05) is 0 Å². The summed E-state index contributed by atoms with van der Waals surface area (Å²) in [6, 6.07) is 3.88. The fourth-order valence-corrected chi connectivity index (χ4v) is 2.61. The molecule has 4 nitrogen and oxygen atoms in total. The Morgan fingerprint density at radius 1 is 1.26 bits per heavy atom. The van der Waals surface area contributed by atoms with Crippen LogP contribution in [0.1, 0.15) is 32.6 Å². The molecule has 1 aromatic rings. The lowest BCUT2D eigenvalue weighted by atomic mass is 9.87. The van der Waals surface area contributed by atoms with E-state index in [1.54, 1.807) is 13.0 Å². The van der Waals surface area contributed by atoms with Crippen LogP contribution in [-0.2, 0) is 14.3 Å². The van der Waals surface area contributed by atoms with E-state index in [2.05, 4.69) is 0 Å². The summed E-state index contributed by atoms with van der Waals surface area (Å²) >= 11 is 5.58. The zero-order valence-electron chi connectivity index (χ0n) is 12.8. The Morgan fingerprint density at radius 2 is 1.96 bits per heavy atom. The van der Waals surface area contributed by atoms with Gasteiger partial charge in [0.05, 0.1) is 10.9 Å². The zero-order chi connectivity index (χ0) is 16.8. The second-order valence-electron chi connectivity index (χ2n) is 5.41. The summed E-state index contributed by atoms with van der Waals surface area (Å²) < 4.78 is 23.8. The van der Waals surface area contributed by atoms with Crippen LogP contribution in [0.5, 0.6) is 5.75 Å². The molecule has 124 valence electrons. The first-order valence-corrected chi connectivity index (χ1v) is 7.87. The molecule has 0 radical (unpaired) electrons. The molecule has 1 aliphatic rings. The standard InChI is InChI=1S/C17H18ClFO4/c1-2-3-16(20)22-12-6-4-11(5-7-12)17(21)23-13-8-9-14(18)15(19)10-13/h2-3,8-12H,4-7H2,1H3/t11-,12-. The van der Waals surface area contributed by atoms with Crippen molar-refractivity contribution >= 4 is 23.5 Å². The molecule has 0 heterocycles. The van der Waals surface area contributed by atoms with Crippen molar-refractivity contribution in [2.45, 2.75) is 38.7 Å². The molecule has 2 rings (SSSR count). The summed E-state index contributed by atoms with van der Waals surface area (Å²) in [6.45, 7) is 1.74. The first kappa shape index (κ1) is 17.5. The second kappa shape index (κ2) is 8.11. The second-order valence-corrected chi connectivity index (χ2v) is 5.81. The van der Waals surface area contributed by atoms with Gasteiger partial charge in [-0.15, -0.1) is 0 Å². The lowest BCUT2D eigenvalue weighted by Crippen LogP contribution is -2.29. The Hall–Kier alpha value is -1.88. The van der Waals surface area contributed by atoms with Crippen LogP contribution in [0, 0.1) is 11.7 Å². The minimum Gasteiger partial charge on any atom is -0.459 e. The number of ether oxygens (including phenoxy) is 2. The van der Waals surface area contributed by atoms with Gasteiger partial charge in [-0.25, -0.2) is 9.18 Å². The number of halogens is 2. The molecule has 0 aliphatic heterocycles. The average molecular weight is 341 g/mol. The minimum absolute atomic E-state index is 0.0201. The van der Waals surface area contributed by atoms with Gasteiger partial charge in [-0.2, -0.15) is 0 Å². The molecule has 0 atom stereocenters. The predicted octanol–water partition coefficient (Wildman–Crippen LogP) is 4.06. The molecule has 1 aliphatic carbocycles. The first-order chi connectivity index (χ1) is 11.0. The number of benzene rings is 1. The van der Waals surface area contributed by atoms with Gasteiger partial charge in [0.2, 0.25) is 0 Å². The summed E-state index contributed by atoms with van der Waals surface area (Å²) in [5, 5.41) is -0.0201. The van der Waals surface area contributed by atoms with E-state index in [1.165, 1.54) is 18.2 Å². The molecule has 1 fully saturated rings. The van der Waals surface area contributed by atoms with Crippen molar-refractivity contribution in [2.24, 2.45) is 5.92 Å². The van der Waals surface area contributed by atoms with Crippen molar-refractivity contribution in [2.75, 3.05) is 0 Å². The van der Waals surface area contributed by atoms with E-state index < -0.39 is 11.8 Å². The third kappa shape index (κ3) is 5.06. The molecule has 0 N–H and O–H groups in total. The topological polar surface area (TPSA) is 52.6 Å². The van der Waals surface area contributed by atoms with Gasteiger partial charge in [0.25, 0.3) is 0 Å².